The zero-order valence-electron chi connectivity index (χ0n) is 16.9. The zero-order chi connectivity index (χ0) is 22.7. The number of nitrogens with zero attached hydrogens (tertiary/aromatic N) is 1. The molecule has 0 bridgehead atoms. The molecule has 0 unspecified atom stereocenters. The van der Waals surface area contributed by atoms with Crippen molar-refractivity contribution in [3.8, 4) is 5.75 Å². The number of benzene rings is 3. The Kier molecular flexibility index (Phi) is 7.80. The number of aryl methyl sites for hydroxylation is 1. The number of halogens is 3. The molecular formula is C24H17ClI2N2O2S. The van der Waals surface area contributed by atoms with Crippen LogP contribution in [0.1, 0.15) is 16.7 Å². The lowest BCUT2D eigenvalue weighted by Gasteiger charge is -2.11. The van der Waals surface area contributed by atoms with Crippen LogP contribution in [-0.2, 0) is 11.4 Å². The van der Waals surface area contributed by atoms with Gasteiger partial charge < -0.3 is 10.1 Å². The first-order valence-electron chi connectivity index (χ1n) is 9.60. The number of thioether (sulfide) groups is 1. The standard InChI is InChI=1S/C24H17ClI2N2O2S/c1-14-7-8-17(25)12-20(14)28-24-29-23(30)21(32-24)11-16-9-18(26)22(19(27)10-16)31-13-15-5-3-2-4-6-15/h2-12H,13H2,1H3,(H,28,29,30)/b21-11-. The number of ether oxygens (including phenoxy) is 1. The van der Waals surface area contributed by atoms with Crippen LogP contribution in [0.25, 0.3) is 6.08 Å². The summed E-state index contributed by atoms with van der Waals surface area (Å²) >= 11 is 11.9. The van der Waals surface area contributed by atoms with Crippen molar-refractivity contribution in [2.75, 3.05) is 0 Å². The molecule has 1 aliphatic heterocycles. The number of carbonyl (C=O) groups is 1. The smallest absolute Gasteiger partial charge is 0.264 e. The van der Waals surface area contributed by atoms with Crippen molar-refractivity contribution in [1.29, 1.82) is 0 Å². The van der Waals surface area contributed by atoms with E-state index < -0.39 is 0 Å². The van der Waals surface area contributed by atoms with Crippen LogP contribution in [-0.4, -0.2) is 11.1 Å². The van der Waals surface area contributed by atoms with Gasteiger partial charge in [-0.05, 0) is 111 Å². The fraction of sp³-hybridized carbons (Fsp3) is 0.0833. The molecular weight excluding hydrogens is 670 g/mol. The summed E-state index contributed by atoms with van der Waals surface area (Å²) in [6, 6.07) is 19.6. The number of hydrogen-bond donors (Lipinski definition) is 1. The van der Waals surface area contributed by atoms with Gasteiger partial charge in [0, 0.05) is 5.02 Å². The third-order valence-electron chi connectivity index (χ3n) is 4.59. The molecule has 0 saturated carbocycles. The van der Waals surface area contributed by atoms with E-state index >= 15 is 0 Å². The molecule has 0 spiro atoms. The van der Waals surface area contributed by atoms with Gasteiger partial charge in [-0.1, -0.05) is 48.0 Å². The highest BCUT2D eigenvalue weighted by Crippen LogP contribution is 2.33. The van der Waals surface area contributed by atoms with Gasteiger partial charge in [-0.3, -0.25) is 4.79 Å². The van der Waals surface area contributed by atoms with Crippen molar-refractivity contribution in [2.45, 2.75) is 13.5 Å². The quantitative estimate of drug-likeness (QED) is 0.226. The Morgan fingerprint density at radius 1 is 1.09 bits per heavy atom. The van der Waals surface area contributed by atoms with E-state index in [-0.39, 0.29) is 5.91 Å². The number of rotatable bonds is 5. The Bertz CT molecular complexity index is 1220. The average molecular weight is 687 g/mol. The number of carbonyl (C=O) groups excluding carboxylic acids is 1. The summed E-state index contributed by atoms with van der Waals surface area (Å²) in [6.07, 6.45) is 1.87. The van der Waals surface area contributed by atoms with E-state index in [0.29, 0.717) is 21.7 Å². The van der Waals surface area contributed by atoms with Gasteiger partial charge in [0.25, 0.3) is 5.91 Å². The molecule has 0 aliphatic carbocycles. The fourth-order valence-corrected chi connectivity index (χ4v) is 6.10. The number of amidine groups is 1. The maximum atomic E-state index is 12.5. The van der Waals surface area contributed by atoms with E-state index in [1.54, 1.807) is 6.07 Å². The van der Waals surface area contributed by atoms with E-state index in [0.717, 1.165) is 35.3 Å². The van der Waals surface area contributed by atoms with Crippen molar-refractivity contribution < 1.29 is 9.53 Å². The average Bonchev–Trinajstić information content (AvgIpc) is 3.09. The van der Waals surface area contributed by atoms with Gasteiger partial charge in [0.05, 0.1) is 17.7 Å². The van der Waals surface area contributed by atoms with Crippen LogP contribution in [0, 0.1) is 14.1 Å². The third-order valence-corrected chi connectivity index (χ3v) is 7.34. The molecule has 0 atom stereocenters. The monoisotopic (exact) mass is 686 g/mol. The second-order valence-corrected chi connectivity index (χ2v) is 10.8. The van der Waals surface area contributed by atoms with Gasteiger partial charge in [0.15, 0.2) is 5.17 Å². The molecule has 0 aromatic heterocycles. The molecule has 1 N–H and O–H groups in total. The SMILES string of the molecule is Cc1ccc(Cl)cc1N=C1NC(=O)/C(=C/c2cc(I)c(OCc3ccccc3)c(I)c2)S1. The maximum Gasteiger partial charge on any atom is 0.264 e. The molecule has 1 heterocycles. The van der Waals surface area contributed by atoms with E-state index in [2.05, 4.69) is 55.5 Å². The van der Waals surface area contributed by atoms with Gasteiger partial charge >= 0.3 is 0 Å². The van der Waals surface area contributed by atoms with Gasteiger partial charge in [-0.15, -0.1) is 0 Å². The maximum absolute atomic E-state index is 12.5. The Hall–Kier alpha value is -1.56. The number of hydrogen-bond acceptors (Lipinski definition) is 4. The minimum absolute atomic E-state index is 0.164. The molecule has 1 saturated heterocycles. The highest BCUT2D eigenvalue weighted by Gasteiger charge is 2.24. The van der Waals surface area contributed by atoms with Gasteiger partial charge in [-0.2, -0.15) is 0 Å². The van der Waals surface area contributed by atoms with Crippen molar-refractivity contribution in [2.24, 2.45) is 4.99 Å². The van der Waals surface area contributed by atoms with Crippen LogP contribution in [0.15, 0.2) is 70.6 Å². The normalized spacial score (nSPS) is 15.9. The summed E-state index contributed by atoms with van der Waals surface area (Å²) in [6.45, 7) is 2.47. The highest BCUT2D eigenvalue weighted by molar-refractivity contribution is 14.1. The lowest BCUT2D eigenvalue weighted by atomic mass is 10.2. The largest absolute Gasteiger partial charge is 0.487 e. The van der Waals surface area contributed by atoms with Crippen LogP contribution < -0.4 is 10.1 Å². The van der Waals surface area contributed by atoms with Crippen molar-refractivity contribution in [3.05, 3.63) is 94.4 Å². The van der Waals surface area contributed by atoms with Crippen LogP contribution in [0.5, 0.6) is 5.75 Å². The van der Waals surface area contributed by atoms with Gasteiger partial charge in [-0.25, -0.2) is 4.99 Å². The summed E-state index contributed by atoms with van der Waals surface area (Å²) in [5.41, 5.74) is 3.78. The highest BCUT2D eigenvalue weighted by atomic mass is 127. The fourth-order valence-electron chi connectivity index (χ4n) is 2.97. The summed E-state index contributed by atoms with van der Waals surface area (Å²) in [5.74, 6) is 0.683. The molecule has 3 aromatic carbocycles. The molecule has 162 valence electrons. The van der Waals surface area contributed by atoms with Gasteiger partial charge in [0.2, 0.25) is 0 Å². The van der Waals surface area contributed by atoms with Crippen LogP contribution >= 0.6 is 68.5 Å². The summed E-state index contributed by atoms with van der Waals surface area (Å²) < 4.78 is 8.03. The molecule has 4 nitrogen and oxygen atoms in total. The second kappa shape index (κ2) is 10.6. The molecule has 32 heavy (non-hydrogen) atoms. The summed E-state index contributed by atoms with van der Waals surface area (Å²) in [7, 11) is 0. The third kappa shape index (κ3) is 5.86. The first kappa shape index (κ1) is 23.6. The number of nitrogens with one attached hydrogen (secondary N) is 1. The van der Waals surface area contributed by atoms with E-state index in [9.17, 15) is 4.79 Å². The lowest BCUT2D eigenvalue weighted by molar-refractivity contribution is -0.115. The predicted octanol–water partition coefficient (Wildman–Crippen LogP) is 7.33. The summed E-state index contributed by atoms with van der Waals surface area (Å²) in [4.78, 5) is 17.6. The predicted molar refractivity (Wildman–Crippen MR) is 150 cm³/mol. The zero-order valence-corrected chi connectivity index (χ0v) is 22.8. The van der Waals surface area contributed by atoms with Gasteiger partial charge in [0.1, 0.15) is 12.4 Å². The van der Waals surface area contributed by atoms with E-state index in [1.165, 1.54) is 11.8 Å². The summed E-state index contributed by atoms with van der Waals surface area (Å²) in [5, 5.41) is 3.98. The molecule has 1 fully saturated rings. The second-order valence-electron chi connectivity index (χ2n) is 7.00. The minimum atomic E-state index is -0.164. The Morgan fingerprint density at radius 3 is 2.53 bits per heavy atom. The van der Waals surface area contributed by atoms with E-state index in [4.69, 9.17) is 16.3 Å². The van der Waals surface area contributed by atoms with Crippen LogP contribution in [0.4, 0.5) is 5.69 Å². The Balaban J connectivity index is 1.52. The topological polar surface area (TPSA) is 50.7 Å². The lowest BCUT2D eigenvalue weighted by Crippen LogP contribution is -2.19. The molecule has 3 aromatic rings. The minimum Gasteiger partial charge on any atom is -0.487 e. The van der Waals surface area contributed by atoms with Crippen molar-refractivity contribution in [3.63, 3.8) is 0 Å². The molecule has 4 rings (SSSR count). The molecule has 1 amide bonds. The number of aliphatic imine (C=N–C) groups is 1. The Morgan fingerprint density at radius 2 is 1.81 bits per heavy atom. The molecule has 8 heteroatoms. The number of amides is 1. The van der Waals surface area contributed by atoms with Crippen LogP contribution in [0.2, 0.25) is 5.02 Å². The van der Waals surface area contributed by atoms with E-state index in [1.807, 2.05) is 67.6 Å². The first-order chi connectivity index (χ1) is 15.4. The molecule has 0 radical (unpaired) electrons. The van der Waals surface area contributed by atoms with Crippen molar-refractivity contribution >= 4 is 91.4 Å². The molecule has 1 aliphatic rings. The van der Waals surface area contributed by atoms with Crippen LogP contribution in [0.3, 0.4) is 0 Å². The first-order valence-corrected chi connectivity index (χ1v) is 13.0. The van der Waals surface area contributed by atoms with Crippen molar-refractivity contribution in [1.82, 2.24) is 5.32 Å². The Labute approximate surface area is 223 Å².